The fourth-order valence-corrected chi connectivity index (χ4v) is 5.60. The van der Waals surface area contributed by atoms with Gasteiger partial charge in [0, 0.05) is 38.8 Å². The van der Waals surface area contributed by atoms with Gasteiger partial charge < -0.3 is 14.8 Å². The van der Waals surface area contributed by atoms with Crippen LogP contribution in [0.3, 0.4) is 0 Å². The van der Waals surface area contributed by atoms with Crippen molar-refractivity contribution in [2.75, 3.05) is 33.4 Å². The van der Waals surface area contributed by atoms with Gasteiger partial charge in [-0.2, -0.15) is 0 Å². The van der Waals surface area contributed by atoms with Crippen molar-refractivity contribution in [1.29, 1.82) is 0 Å². The van der Waals surface area contributed by atoms with Crippen molar-refractivity contribution in [3.05, 3.63) is 29.8 Å². The second kappa shape index (κ2) is 11.3. The maximum absolute atomic E-state index is 12.5. The van der Waals surface area contributed by atoms with Gasteiger partial charge in [0.25, 0.3) is 0 Å². The molecule has 1 aromatic carbocycles. The summed E-state index contributed by atoms with van der Waals surface area (Å²) < 4.78 is 11.4. The molecule has 0 aromatic heterocycles. The number of hydrogen-bond acceptors (Lipinski definition) is 4. The van der Waals surface area contributed by atoms with Crippen LogP contribution in [0.2, 0.25) is 0 Å². The monoisotopic (exact) mass is 430 g/mol. The molecule has 5 nitrogen and oxygen atoms in total. The Morgan fingerprint density at radius 1 is 1.26 bits per heavy atom. The summed E-state index contributed by atoms with van der Waals surface area (Å²) in [6, 6.07) is 8.68. The molecule has 2 fully saturated rings. The minimum absolute atomic E-state index is 0.166. The van der Waals surface area contributed by atoms with E-state index in [4.69, 9.17) is 9.47 Å². The van der Waals surface area contributed by atoms with Crippen molar-refractivity contribution in [2.45, 2.75) is 71.9 Å². The van der Waals surface area contributed by atoms with Gasteiger partial charge in [-0.25, -0.2) is 0 Å². The van der Waals surface area contributed by atoms with Gasteiger partial charge in [-0.15, -0.1) is 0 Å². The molecular formula is C26H42N2O3. The number of carbonyl (C=O) groups excluding carboxylic acids is 1. The molecule has 1 saturated carbocycles. The molecule has 1 N–H and O–H groups in total. The van der Waals surface area contributed by atoms with E-state index in [0.29, 0.717) is 42.9 Å². The van der Waals surface area contributed by atoms with Gasteiger partial charge in [-0.1, -0.05) is 32.9 Å². The molecule has 174 valence electrons. The second-order valence-electron chi connectivity index (χ2n) is 10.6. The van der Waals surface area contributed by atoms with Gasteiger partial charge in [-0.05, 0) is 74.1 Å². The first-order valence-corrected chi connectivity index (χ1v) is 12.1. The number of nitrogens with one attached hydrogen (secondary N) is 1. The number of carbonyl (C=O) groups is 1. The number of hydrogen-bond donors (Lipinski definition) is 1. The number of benzene rings is 1. The Morgan fingerprint density at radius 3 is 2.77 bits per heavy atom. The zero-order valence-corrected chi connectivity index (χ0v) is 20.0. The van der Waals surface area contributed by atoms with E-state index < -0.39 is 0 Å². The van der Waals surface area contributed by atoms with Crippen molar-refractivity contribution in [3.8, 4) is 5.75 Å². The molecule has 3 rings (SSSR count). The number of likely N-dealkylation sites (N-methyl/N-ethyl adjacent to an activating group) is 1. The van der Waals surface area contributed by atoms with Gasteiger partial charge in [-0.3, -0.25) is 9.69 Å². The molecule has 1 aliphatic heterocycles. The smallest absolute Gasteiger partial charge is 0.220 e. The summed E-state index contributed by atoms with van der Waals surface area (Å²) in [7, 11) is 2.17. The standard InChI is InChI=1S/C26H42N2O3/c1-20-14-22(18-26(2,3)17-20)16-25(29)27-19-21-6-5-7-24(15-21)31-13-10-28(4)23-8-11-30-12-9-23/h5-7,15,20,22-23H,8-14,16-19H2,1-4H3,(H,27,29). The highest BCUT2D eigenvalue weighted by atomic mass is 16.5. The van der Waals surface area contributed by atoms with Gasteiger partial charge in [0.1, 0.15) is 12.4 Å². The van der Waals surface area contributed by atoms with Crippen LogP contribution in [0.15, 0.2) is 24.3 Å². The average Bonchev–Trinajstić information content (AvgIpc) is 2.71. The Bertz CT molecular complexity index is 700. The summed E-state index contributed by atoms with van der Waals surface area (Å²) in [5.74, 6) is 2.25. The molecular weight excluding hydrogens is 388 g/mol. The Kier molecular flexibility index (Phi) is 8.79. The van der Waals surface area contributed by atoms with Crippen LogP contribution in [0.1, 0.15) is 64.9 Å². The fourth-order valence-electron chi connectivity index (χ4n) is 5.60. The average molecular weight is 431 g/mol. The fraction of sp³-hybridized carbons (Fsp3) is 0.731. The number of amides is 1. The largest absolute Gasteiger partial charge is 0.492 e. The quantitative estimate of drug-likeness (QED) is 0.620. The third kappa shape index (κ3) is 8.12. The normalized spacial score (nSPS) is 24.2. The van der Waals surface area contributed by atoms with E-state index in [1.165, 1.54) is 12.8 Å². The van der Waals surface area contributed by atoms with Crippen LogP contribution < -0.4 is 10.1 Å². The highest BCUT2D eigenvalue weighted by Gasteiger charge is 2.32. The minimum atomic E-state index is 0.166. The lowest BCUT2D eigenvalue weighted by Gasteiger charge is -2.38. The molecule has 1 amide bonds. The van der Waals surface area contributed by atoms with Crippen LogP contribution in [0.25, 0.3) is 0 Å². The lowest BCUT2D eigenvalue weighted by atomic mass is 9.67. The van der Waals surface area contributed by atoms with Crippen LogP contribution in [0, 0.1) is 17.3 Å². The van der Waals surface area contributed by atoms with Crippen LogP contribution in [0.5, 0.6) is 5.75 Å². The van der Waals surface area contributed by atoms with E-state index in [1.807, 2.05) is 24.3 Å². The molecule has 1 aromatic rings. The SMILES string of the molecule is CC1CC(CC(=O)NCc2cccc(OCCN(C)C3CCOCC3)c2)CC(C)(C)C1. The summed E-state index contributed by atoms with van der Waals surface area (Å²) in [5.41, 5.74) is 1.44. The Morgan fingerprint density at radius 2 is 2.03 bits per heavy atom. The number of nitrogens with zero attached hydrogens (tertiary/aromatic N) is 1. The Balaban J connectivity index is 1.39. The van der Waals surface area contributed by atoms with E-state index in [9.17, 15) is 4.79 Å². The first-order chi connectivity index (χ1) is 14.8. The van der Waals surface area contributed by atoms with Crippen LogP contribution in [-0.2, 0) is 16.1 Å². The summed E-state index contributed by atoms with van der Waals surface area (Å²) >= 11 is 0. The molecule has 2 atom stereocenters. The first-order valence-electron chi connectivity index (χ1n) is 12.1. The van der Waals surface area contributed by atoms with Gasteiger partial charge in [0.05, 0.1) is 0 Å². The molecule has 1 heterocycles. The van der Waals surface area contributed by atoms with E-state index in [1.54, 1.807) is 0 Å². The molecule has 1 aliphatic carbocycles. The highest BCUT2D eigenvalue weighted by Crippen LogP contribution is 2.42. The van der Waals surface area contributed by atoms with Crippen LogP contribution in [-0.4, -0.2) is 50.3 Å². The van der Waals surface area contributed by atoms with E-state index in [-0.39, 0.29) is 5.91 Å². The number of rotatable bonds is 9. The van der Waals surface area contributed by atoms with Crippen LogP contribution >= 0.6 is 0 Å². The van der Waals surface area contributed by atoms with Gasteiger partial charge in [0.2, 0.25) is 5.91 Å². The summed E-state index contributed by atoms with van der Waals surface area (Å²) in [4.78, 5) is 14.9. The second-order valence-corrected chi connectivity index (χ2v) is 10.6. The summed E-state index contributed by atoms with van der Waals surface area (Å²) in [6.45, 7) is 10.8. The Hall–Kier alpha value is -1.59. The Labute approximate surface area is 188 Å². The topological polar surface area (TPSA) is 50.8 Å². The number of ether oxygens (including phenoxy) is 2. The molecule has 5 heteroatoms. The minimum Gasteiger partial charge on any atom is -0.492 e. The predicted molar refractivity (Wildman–Crippen MR) is 125 cm³/mol. The third-order valence-electron chi connectivity index (χ3n) is 6.87. The van der Waals surface area contributed by atoms with Crippen molar-refractivity contribution in [2.24, 2.45) is 17.3 Å². The van der Waals surface area contributed by atoms with E-state index in [0.717, 1.165) is 50.3 Å². The van der Waals surface area contributed by atoms with E-state index >= 15 is 0 Å². The first kappa shape index (κ1) is 24.1. The third-order valence-corrected chi connectivity index (χ3v) is 6.87. The van der Waals surface area contributed by atoms with Crippen molar-refractivity contribution in [1.82, 2.24) is 10.2 Å². The molecule has 2 unspecified atom stereocenters. The zero-order chi connectivity index (χ0) is 22.3. The van der Waals surface area contributed by atoms with Crippen molar-refractivity contribution >= 4 is 5.91 Å². The summed E-state index contributed by atoms with van der Waals surface area (Å²) in [6.07, 6.45) is 6.43. The maximum Gasteiger partial charge on any atom is 0.220 e. The summed E-state index contributed by atoms with van der Waals surface area (Å²) in [5, 5.41) is 3.12. The molecule has 0 spiro atoms. The lowest BCUT2D eigenvalue weighted by Crippen LogP contribution is -2.38. The van der Waals surface area contributed by atoms with E-state index in [2.05, 4.69) is 38.0 Å². The van der Waals surface area contributed by atoms with Crippen LogP contribution in [0.4, 0.5) is 0 Å². The lowest BCUT2D eigenvalue weighted by molar-refractivity contribution is -0.122. The van der Waals surface area contributed by atoms with Gasteiger partial charge >= 0.3 is 0 Å². The highest BCUT2D eigenvalue weighted by molar-refractivity contribution is 5.76. The molecule has 2 aliphatic rings. The molecule has 1 saturated heterocycles. The molecule has 0 radical (unpaired) electrons. The molecule has 0 bridgehead atoms. The maximum atomic E-state index is 12.5. The predicted octanol–water partition coefficient (Wildman–Crippen LogP) is 4.64. The van der Waals surface area contributed by atoms with Crippen molar-refractivity contribution in [3.63, 3.8) is 0 Å². The van der Waals surface area contributed by atoms with Crippen molar-refractivity contribution < 1.29 is 14.3 Å². The zero-order valence-electron chi connectivity index (χ0n) is 20.0. The molecule has 31 heavy (non-hydrogen) atoms. The van der Waals surface area contributed by atoms with Gasteiger partial charge in [0.15, 0.2) is 0 Å².